The predicted molar refractivity (Wildman–Crippen MR) is 128 cm³/mol. The van der Waals surface area contributed by atoms with Crippen LogP contribution in [-0.4, -0.2) is 29.7 Å². The second-order valence-corrected chi connectivity index (χ2v) is 8.64. The fourth-order valence-electron chi connectivity index (χ4n) is 3.50. The Balaban J connectivity index is 1.57. The Bertz CT molecular complexity index is 1420. The summed E-state index contributed by atoms with van der Waals surface area (Å²) in [5.41, 5.74) is 6.47. The van der Waals surface area contributed by atoms with Crippen molar-refractivity contribution in [1.29, 1.82) is 0 Å². The molecule has 0 aliphatic carbocycles. The second kappa shape index (κ2) is 8.68. The average molecular weight is 459 g/mol. The average Bonchev–Trinajstić information content (AvgIpc) is 3.23. The van der Waals surface area contributed by atoms with E-state index in [0.717, 1.165) is 50.2 Å². The zero-order valence-corrected chi connectivity index (χ0v) is 19.1. The van der Waals surface area contributed by atoms with Crippen LogP contribution in [0.15, 0.2) is 72.1 Å². The summed E-state index contributed by atoms with van der Waals surface area (Å²) in [5.74, 6) is 1.36. The van der Waals surface area contributed by atoms with Gasteiger partial charge in [0.25, 0.3) is 0 Å². The number of nitrogens with zero attached hydrogens (tertiary/aromatic N) is 6. The highest BCUT2D eigenvalue weighted by molar-refractivity contribution is 7.98. The van der Waals surface area contributed by atoms with Crippen molar-refractivity contribution in [3.8, 4) is 17.1 Å². The Morgan fingerprint density at radius 3 is 2.41 bits per heavy atom. The first kappa shape index (κ1) is 20.6. The van der Waals surface area contributed by atoms with Crippen LogP contribution >= 0.6 is 23.4 Å². The van der Waals surface area contributed by atoms with Crippen LogP contribution in [0.2, 0.25) is 5.02 Å². The molecule has 0 unspecified atom stereocenters. The molecule has 6 nitrogen and oxygen atoms in total. The van der Waals surface area contributed by atoms with Crippen molar-refractivity contribution in [3.05, 3.63) is 89.0 Å². The minimum atomic E-state index is 0.623. The molecular weight excluding hydrogens is 440 g/mol. The van der Waals surface area contributed by atoms with E-state index in [1.165, 1.54) is 0 Å². The van der Waals surface area contributed by atoms with Gasteiger partial charge in [0.05, 0.1) is 28.1 Å². The van der Waals surface area contributed by atoms with Gasteiger partial charge >= 0.3 is 0 Å². The molecule has 5 aromatic rings. The summed E-state index contributed by atoms with van der Waals surface area (Å²) >= 11 is 8.02. The van der Waals surface area contributed by atoms with Gasteiger partial charge in [0.1, 0.15) is 0 Å². The number of rotatable bonds is 5. The monoisotopic (exact) mass is 458 g/mol. The zero-order valence-electron chi connectivity index (χ0n) is 17.5. The zero-order chi connectivity index (χ0) is 22.1. The van der Waals surface area contributed by atoms with Crippen LogP contribution in [0.4, 0.5) is 0 Å². The lowest BCUT2D eigenvalue weighted by atomic mass is 10.2. The molecule has 8 heteroatoms. The highest BCUT2D eigenvalue weighted by Gasteiger charge is 2.19. The van der Waals surface area contributed by atoms with E-state index in [0.29, 0.717) is 10.8 Å². The highest BCUT2D eigenvalue weighted by atomic mass is 35.5. The minimum absolute atomic E-state index is 0.623. The maximum atomic E-state index is 6.44. The molecule has 3 aromatic heterocycles. The predicted octanol–water partition coefficient (Wildman–Crippen LogP) is 5.84. The van der Waals surface area contributed by atoms with Crippen molar-refractivity contribution in [1.82, 2.24) is 29.7 Å². The summed E-state index contributed by atoms with van der Waals surface area (Å²) in [7, 11) is 0. The molecule has 0 bridgehead atoms. The smallest absolute Gasteiger partial charge is 0.196 e. The van der Waals surface area contributed by atoms with Gasteiger partial charge in [-0.2, -0.15) is 0 Å². The number of aryl methyl sites for hydroxylation is 1. The molecule has 0 fully saturated rings. The Kier molecular flexibility index (Phi) is 5.59. The Morgan fingerprint density at radius 2 is 1.62 bits per heavy atom. The molecule has 0 saturated carbocycles. The molecule has 0 aliphatic rings. The maximum absolute atomic E-state index is 6.44. The van der Waals surface area contributed by atoms with Crippen molar-refractivity contribution < 1.29 is 0 Å². The molecule has 3 heterocycles. The summed E-state index contributed by atoms with van der Waals surface area (Å²) < 4.78 is 2.05. The molecule has 0 radical (unpaired) electrons. The first-order chi connectivity index (χ1) is 15.6. The molecule has 0 amide bonds. The van der Waals surface area contributed by atoms with E-state index >= 15 is 0 Å². The maximum Gasteiger partial charge on any atom is 0.196 e. The quantitative estimate of drug-likeness (QED) is 0.308. The summed E-state index contributed by atoms with van der Waals surface area (Å²) in [6.45, 7) is 3.99. The number of aromatic nitrogens is 6. The number of hydrogen-bond acceptors (Lipinski definition) is 6. The summed E-state index contributed by atoms with van der Waals surface area (Å²) in [4.78, 5) is 13.6. The van der Waals surface area contributed by atoms with E-state index in [4.69, 9.17) is 21.6 Å². The van der Waals surface area contributed by atoms with E-state index in [1.807, 2.05) is 73.0 Å². The number of halogens is 1. The molecule has 0 saturated heterocycles. The lowest BCUT2D eigenvalue weighted by Crippen LogP contribution is -2.03. The van der Waals surface area contributed by atoms with Crippen molar-refractivity contribution in [2.24, 2.45) is 0 Å². The molecule has 32 heavy (non-hydrogen) atoms. The Hall–Kier alpha value is -3.29. The second-order valence-electron chi connectivity index (χ2n) is 7.29. The molecule has 2 aromatic carbocycles. The molecule has 5 rings (SSSR count). The van der Waals surface area contributed by atoms with Gasteiger partial charge in [-0.15, -0.1) is 10.2 Å². The van der Waals surface area contributed by atoms with Crippen molar-refractivity contribution >= 4 is 34.4 Å². The van der Waals surface area contributed by atoms with Crippen LogP contribution in [0.1, 0.15) is 17.0 Å². The fraction of sp³-hybridized carbons (Fsp3) is 0.125. The summed E-state index contributed by atoms with van der Waals surface area (Å²) in [6.07, 6.45) is 3.50. The molecule has 158 valence electrons. The number of pyridine rings is 1. The standard InChI is InChI=1S/C24H19ClN6S/c1-15-18(25)6-5-9-22(15)31-23(17-10-12-26-13-11-17)29-30-24(31)32-14-21-16(2)27-19-7-3-4-8-20(19)28-21/h3-13H,14H2,1-2H3. The van der Waals surface area contributed by atoms with E-state index in [9.17, 15) is 0 Å². The normalized spacial score (nSPS) is 11.2. The third-order valence-electron chi connectivity index (χ3n) is 5.23. The van der Waals surface area contributed by atoms with Crippen LogP contribution in [0.5, 0.6) is 0 Å². The van der Waals surface area contributed by atoms with Crippen molar-refractivity contribution in [2.45, 2.75) is 24.8 Å². The largest absolute Gasteiger partial charge is 0.270 e. The third kappa shape index (κ3) is 3.85. The van der Waals surface area contributed by atoms with E-state index in [2.05, 4.69) is 15.2 Å². The number of benzene rings is 2. The minimum Gasteiger partial charge on any atom is -0.270 e. The highest BCUT2D eigenvalue weighted by Crippen LogP contribution is 2.33. The van der Waals surface area contributed by atoms with E-state index in [-0.39, 0.29) is 0 Å². The van der Waals surface area contributed by atoms with Crippen molar-refractivity contribution in [3.63, 3.8) is 0 Å². The van der Waals surface area contributed by atoms with Gasteiger partial charge in [0, 0.05) is 28.7 Å². The van der Waals surface area contributed by atoms with E-state index < -0.39 is 0 Å². The Morgan fingerprint density at radius 1 is 0.875 bits per heavy atom. The lowest BCUT2D eigenvalue weighted by molar-refractivity contribution is 0.879. The van der Waals surface area contributed by atoms with Crippen LogP contribution in [0, 0.1) is 13.8 Å². The fourth-order valence-corrected chi connectivity index (χ4v) is 4.62. The molecular formula is C24H19ClN6S. The van der Waals surface area contributed by atoms with E-state index in [1.54, 1.807) is 24.2 Å². The number of thioether (sulfide) groups is 1. The van der Waals surface area contributed by atoms with Gasteiger partial charge in [-0.3, -0.25) is 9.55 Å². The topological polar surface area (TPSA) is 69.4 Å². The Labute approximate surface area is 194 Å². The van der Waals surface area contributed by atoms with Gasteiger partial charge in [-0.25, -0.2) is 9.97 Å². The molecule has 0 N–H and O–H groups in total. The van der Waals surface area contributed by atoms with Crippen LogP contribution < -0.4 is 0 Å². The first-order valence-corrected chi connectivity index (χ1v) is 11.4. The van der Waals surface area contributed by atoms with Crippen molar-refractivity contribution in [2.75, 3.05) is 0 Å². The number of hydrogen-bond donors (Lipinski definition) is 0. The molecule has 0 spiro atoms. The van der Waals surface area contributed by atoms with Crippen LogP contribution in [0.25, 0.3) is 28.1 Å². The van der Waals surface area contributed by atoms with Gasteiger partial charge in [-0.05, 0) is 55.8 Å². The van der Waals surface area contributed by atoms with Gasteiger partial charge < -0.3 is 0 Å². The van der Waals surface area contributed by atoms with Crippen LogP contribution in [0.3, 0.4) is 0 Å². The van der Waals surface area contributed by atoms with Gasteiger partial charge in [0.15, 0.2) is 11.0 Å². The number of fused-ring (bicyclic) bond motifs is 1. The third-order valence-corrected chi connectivity index (χ3v) is 6.58. The number of para-hydroxylation sites is 2. The summed E-state index contributed by atoms with van der Waals surface area (Å²) in [5, 5.41) is 10.5. The van der Waals surface area contributed by atoms with Gasteiger partial charge in [0.2, 0.25) is 0 Å². The SMILES string of the molecule is Cc1nc2ccccc2nc1CSc1nnc(-c2ccncc2)n1-c1cccc(Cl)c1C. The molecule has 0 aliphatic heterocycles. The van der Waals surface area contributed by atoms with Crippen LogP contribution in [-0.2, 0) is 5.75 Å². The lowest BCUT2D eigenvalue weighted by Gasteiger charge is -2.14. The first-order valence-electron chi connectivity index (χ1n) is 10.1. The molecule has 0 atom stereocenters. The van der Waals surface area contributed by atoms with Gasteiger partial charge in [-0.1, -0.05) is 41.6 Å². The summed E-state index contributed by atoms with van der Waals surface area (Å²) in [6, 6.07) is 17.6.